The van der Waals surface area contributed by atoms with Crippen LogP contribution in [0, 0.1) is 0 Å². The molecule has 0 aliphatic carbocycles. The molecule has 0 spiro atoms. The number of hydrogen-bond donors (Lipinski definition) is 1. The zero-order valence-electron chi connectivity index (χ0n) is 13.3. The topological polar surface area (TPSA) is 45.0 Å². The van der Waals surface area contributed by atoms with Gasteiger partial charge in [0.25, 0.3) is 0 Å². The predicted octanol–water partition coefficient (Wildman–Crippen LogP) is 6.08. The van der Waals surface area contributed by atoms with E-state index in [2.05, 4.69) is 31.0 Å². The van der Waals surface area contributed by atoms with Crippen molar-refractivity contribution in [3.8, 4) is 5.75 Å². The first-order chi connectivity index (χ1) is 10.2. The number of phenols is 1. The van der Waals surface area contributed by atoms with Crippen molar-refractivity contribution in [1.29, 1.82) is 0 Å². The summed E-state index contributed by atoms with van der Waals surface area (Å²) in [6.07, 6.45) is 9.07. The zero-order chi connectivity index (χ0) is 15.5. The second-order valence-corrected chi connectivity index (χ2v) is 5.14. The van der Waals surface area contributed by atoms with Crippen molar-refractivity contribution < 1.29 is 5.11 Å². The van der Waals surface area contributed by atoms with Crippen LogP contribution in [0.5, 0.6) is 5.75 Å². The van der Waals surface area contributed by atoms with Gasteiger partial charge in [-0.25, -0.2) is 0 Å². The number of aromatic hydroxyl groups is 1. The van der Waals surface area contributed by atoms with Crippen LogP contribution in [0.3, 0.4) is 0 Å². The van der Waals surface area contributed by atoms with Crippen molar-refractivity contribution >= 4 is 5.70 Å². The molecule has 0 saturated carbocycles. The van der Waals surface area contributed by atoms with Gasteiger partial charge in [-0.2, -0.15) is 10.2 Å². The Hall–Kier alpha value is -1.90. The quantitative estimate of drug-likeness (QED) is 0.578. The van der Waals surface area contributed by atoms with Crippen LogP contribution in [0.2, 0.25) is 0 Å². The van der Waals surface area contributed by atoms with Crippen LogP contribution in [0.15, 0.2) is 52.3 Å². The molecule has 1 aromatic rings. The average molecular weight is 286 g/mol. The van der Waals surface area contributed by atoms with E-state index in [0.29, 0.717) is 0 Å². The van der Waals surface area contributed by atoms with Gasteiger partial charge in [-0.1, -0.05) is 44.9 Å². The highest BCUT2D eigenvalue weighted by atomic mass is 16.3. The average Bonchev–Trinajstić information content (AvgIpc) is 2.49. The zero-order valence-corrected chi connectivity index (χ0v) is 13.3. The molecule has 21 heavy (non-hydrogen) atoms. The van der Waals surface area contributed by atoms with Gasteiger partial charge in [-0.15, -0.1) is 0 Å². The molecular formula is C18H26N2O. The van der Waals surface area contributed by atoms with Gasteiger partial charge in [0.1, 0.15) is 5.75 Å². The monoisotopic (exact) mass is 286 g/mol. The first-order valence-electron chi connectivity index (χ1n) is 7.74. The van der Waals surface area contributed by atoms with E-state index in [1.807, 2.05) is 24.3 Å². The van der Waals surface area contributed by atoms with Crippen LogP contribution in [0.4, 0.5) is 0 Å². The molecule has 0 unspecified atom stereocenters. The Balaban J connectivity index is 3.03. The maximum absolute atomic E-state index is 10.0. The summed E-state index contributed by atoms with van der Waals surface area (Å²) in [7, 11) is 0. The molecule has 0 aliphatic heterocycles. The van der Waals surface area contributed by atoms with Gasteiger partial charge in [0.15, 0.2) is 0 Å². The molecule has 1 aromatic carbocycles. The van der Waals surface area contributed by atoms with Gasteiger partial charge < -0.3 is 5.11 Å². The summed E-state index contributed by atoms with van der Waals surface area (Å²) in [6, 6.07) is 7.29. The number of allylic oxidation sites excluding steroid dienone is 2. The minimum absolute atomic E-state index is 0.250. The molecule has 0 fully saturated rings. The standard InChI is InChI=1S/C18H26N2O/c1-4-6-10-14-19-20-18(15(3)11-7-5-2)16-12-8-9-13-17(16)21/h8-10,12-14,21H,4-7,11H2,1-3H3/b14-10+,18-15+,20-19+. The Morgan fingerprint density at radius 1 is 1.19 bits per heavy atom. The molecule has 1 rings (SSSR count). The van der Waals surface area contributed by atoms with Crippen LogP contribution in [0.25, 0.3) is 5.70 Å². The Kier molecular flexibility index (Phi) is 8.10. The number of nitrogens with zero attached hydrogens (tertiary/aromatic N) is 2. The SMILES string of the molecule is CCC/C=C/N=N/C(=C(\C)CCCC)c1ccccc1O. The maximum atomic E-state index is 10.0. The van der Waals surface area contributed by atoms with Gasteiger partial charge in [0.2, 0.25) is 0 Å². The molecule has 0 saturated heterocycles. The van der Waals surface area contributed by atoms with E-state index in [1.165, 1.54) is 0 Å². The third-order valence-corrected chi connectivity index (χ3v) is 3.25. The maximum Gasteiger partial charge on any atom is 0.125 e. The molecule has 0 aliphatic rings. The minimum Gasteiger partial charge on any atom is -0.507 e. The molecule has 0 radical (unpaired) electrons. The Morgan fingerprint density at radius 2 is 1.95 bits per heavy atom. The summed E-state index contributed by atoms with van der Waals surface area (Å²) in [4.78, 5) is 0. The van der Waals surface area contributed by atoms with E-state index in [0.717, 1.165) is 48.9 Å². The van der Waals surface area contributed by atoms with E-state index in [1.54, 1.807) is 12.3 Å². The molecule has 0 amide bonds. The predicted molar refractivity (Wildman–Crippen MR) is 89.1 cm³/mol. The summed E-state index contributed by atoms with van der Waals surface area (Å²) in [6.45, 7) is 6.36. The fraction of sp³-hybridized carbons (Fsp3) is 0.444. The lowest BCUT2D eigenvalue weighted by atomic mass is 10.0. The molecule has 3 heteroatoms. The highest BCUT2D eigenvalue weighted by Crippen LogP contribution is 2.30. The van der Waals surface area contributed by atoms with Gasteiger partial charge in [-0.3, -0.25) is 0 Å². The number of benzene rings is 1. The van der Waals surface area contributed by atoms with Crippen molar-refractivity contribution in [1.82, 2.24) is 0 Å². The smallest absolute Gasteiger partial charge is 0.125 e. The minimum atomic E-state index is 0.250. The van der Waals surface area contributed by atoms with Crippen LogP contribution in [-0.2, 0) is 0 Å². The van der Waals surface area contributed by atoms with Crippen LogP contribution >= 0.6 is 0 Å². The Labute approximate surface area is 128 Å². The number of unbranched alkanes of at least 4 members (excludes halogenated alkanes) is 2. The van der Waals surface area contributed by atoms with Crippen molar-refractivity contribution in [3.63, 3.8) is 0 Å². The fourth-order valence-electron chi connectivity index (χ4n) is 1.98. The highest BCUT2D eigenvalue weighted by Gasteiger charge is 2.09. The molecule has 0 heterocycles. The normalized spacial score (nSPS) is 13.1. The largest absolute Gasteiger partial charge is 0.507 e. The first-order valence-corrected chi connectivity index (χ1v) is 7.74. The second-order valence-electron chi connectivity index (χ2n) is 5.14. The van der Waals surface area contributed by atoms with Gasteiger partial charge in [0, 0.05) is 11.8 Å². The fourth-order valence-corrected chi connectivity index (χ4v) is 1.98. The first kappa shape index (κ1) is 17.2. The third-order valence-electron chi connectivity index (χ3n) is 3.25. The lowest BCUT2D eigenvalue weighted by molar-refractivity contribution is 0.473. The molecule has 1 N–H and O–H groups in total. The van der Waals surface area contributed by atoms with E-state index in [4.69, 9.17) is 0 Å². The molecule has 0 bridgehead atoms. The summed E-state index contributed by atoms with van der Waals surface area (Å²) in [5.41, 5.74) is 2.69. The van der Waals surface area contributed by atoms with Crippen LogP contribution in [0.1, 0.15) is 58.4 Å². The molecule has 0 aromatic heterocycles. The van der Waals surface area contributed by atoms with Crippen molar-refractivity contribution in [3.05, 3.63) is 47.7 Å². The van der Waals surface area contributed by atoms with E-state index in [9.17, 15) is 5.11 Å². The van der Waals surface area contributed by atoms with E-state index < -0.39 is 0 Å². The number of azo groups is 1. The van der Waals surface area contributed by atoms with Gasteiger partial charge in [-0.05, 0) is 43.9 Å². The van der Waals surface area contributed by atoms with E-state index >= 15 is 0 Å². The van der Waals surface area contributed by atoms with Gasteiger partial charge >= 0.3 is 0 Å². The number of phenolic OH excluding ortho intramolecular Hbond substituents is 1. The van der Waals surface area contributed by atoms with Crippen molar-refractivity contribution in [2.45, 2.75) is 52.9 Å². The van der Waals surface area contributed by atoms with Gasteiger partial charge in [0.05, 0.1) is 5.70 Å². The molecular weight excluding hydrogens is 260 g/mol. The molecule has 0 atom stereocenters. The second kappa shape index (κ2) is 9.92. The lowest BCUT2D eigenvalue weighted by Gasteiger charge is -2.08. The molecule has 114 valence electrons. The number of rotatable bonds is 8. The lowest BCUT2D eigenvalue weighted by Crippen LogP contribution is -1.88. The molecule has 3 nitrogen and oxygen atoms in total. The van der Waals surface area contributed by atoms with E-state index in [-0.39, 0.29) is 5.75 Å². The van der Waals surface area contributed by atoms with Crippen LogP contribution in [-0.4, -0.2) is 5.11 Å². The van der Waals surface area contributed by atoms with Crippen molar-refractivity contribution in [2.75, 3.05) is 0 Å². The number of hydrogen-bond acceptors (Lipinski definition) is 3. The Bertz CT molecular complexity index is 516. The van der Waals surface area contributed by atoms with Crippen molar-refractivity contribution in [2.24, 2.45) is 10.2 Å². The third kappa shape index (κ3) is 5.94. The Morgan fingerprint density at radius 3 is 2.62 bits per heavy atom. The summed E-state index contributed by atoms with van der Waals surface area (Å²) < 4.78 is 0. The van der Waals surface area contributed by atoms with Crippen LogP contribution < -0.4 is 0 Å². The number of para-hydroxylation sites is 1. The highest BCUT2D eigenvalue weighted by molar-refractivity contribution is 5.71. The summed E-state index contributed by atoms with van der Waals surface area (Å²) in [5, 5.41) is 18.5. The summed E-state index contributed by atoms with van der Waals surface area (Å²) in [5.74, 6) is 0.250. The summed E-state index contributed by atoms with van der Waals surface area (Å²) >= 11 is 0.